The van der Waals surface area contributed by atoms with Gasteiger partial charge in [-0.2, -0.15) is 0 Å². The smallest absolute Gasteiger partial charge is 0.293 e. The first-order chi connectivity index (χ1) is 24.2. The van der Waals surface area contributed by atoms with Crippen molar-refractivity contribution in [3.63, 3.8) is 0 Å². The number of ether oxygens (including phenoxy) is 1. The van der Waals surface area contributed by atoms with Gasteiger partial charge in [0.15, 0.2) is 0 Å². The topological polar surface area (TPSA) is 131 Å². The summed E-state index contributed by atoms with van der Waals surface area (Å²) in [6.07, 6.45) is 8.05. The van der Waals surface area contributed by atoms with E-state index < -0.39 is 20.9 Å². The lowest BCUT2D eigenvalue weighted by Gasteiger charge is -2.42. The van der Waals surface area contributed by atoms with E-state index in [4.69, 9.17) is 4.74 Å². The van der Waals surface area contributed by atoms with E-state index in [-0.39, 0.29) is 27.4 Å². The second kappa shape index (κ2) is 15.4. The van der Waals surface area contributed by atoms with Crippen LogP contribution in [0.15, 0.2) is 102 Å². The summed E-state index contributed by atoms with van der Waals surface area (Å²) in [5.41, 5.74) is 4.33. The van der Waals surface area contributed by atoms with Gasteiger partial charge in [-0.15, -0.1) is 0 Å². The molecule has 0 bridgehead atoms. The van der Waals surface area contributed by atoms with Crippen molar-refractivity contribution < 1.29 is 22.9 Å². The Morgan fingerprint density at radius 3 is 2.28 bits per heavy atom. The normalized spacial score (nSPS) is 16.5. The van der Waals surface area contributed by atoms with Crippen LogP contribution in [0.3, 0.4) is 0 Å². The average molecular weight is 697 g/mol. The zero-order valence-electron chi connectivity index (χ0n) is 28.3. The molecule has 1 heterocycles. The van der Waals surface area contributed by atoms with Crippen LogP contribution in [0.1, 0.15) is 60.9 Å². The number of benzene rings is 4. The molecular weight excluding hydrogens is 653 g/mol. The van der Waals surface area contributed by atoms with E-state index in [0.717, 1.165) is 69.8 Å². The molecule has 0 aromatic heterocycles. The van der Waals surface area contributed by atoms with Gasteiger partial charge in [0.2, 0.25) is 0 Å². The second-order valence-electron chi connectivity index (χ2n) is 13.4. The summed E-state index contributed by atoms with van der Waals surface area (Å²) in [5, 5.41) is 15.0. The van der Waals surface area contributed by atoms with Crippen LogP contribution in [0.5, 0.6) is 0 Å². The van der Waals surface area contributed by atoms with Gasteiger partial charge in [-0.05, 0) is 84.7 Å². The number of piperidine rings is 1. The Bertz CT molecular complexity index is 1900. The van der Waals surface area contributed by atoms with Gasteiger partial charge in [0.05, 0.1) is 15.4 Å². The van der Waals surface area contributed by atoms with E-state index in [1.807, 2.05) is 30.3 Å². The van der Waals surface area contributed by atoms with Crippen LogP contribution in [0, 0.1) is 16.0 Å². The maximum atomic E-state index is 13.1. The quantitative estimate of drug-likeness (QED) is 0.114. The number of carbonyl (C=O) groups is 1. The summed E-state index contributed by atoms with van der Waals surface area (Å²) < 4.78 is 34.6. The summed E-state index contributed by atoms with van der Waals surface area (Å²) in [6, 6.07) is 29.3. The number of amides is 1. The summed E-state index contributed by atoms with van der Waals surface area (Å²) in [5.74, 6) is -0.382. The number of sulfonamides is 1. The molecule has 1 aliphatic carbocycles. The summed E-state index contributed by atoms with van der Waals surface area (Å²) >= 11 is 0. The van der Waals surface area contributed by atoms with E-state index in [2.05, 4.69) is 51.3 Å². The molecule has 6 rings (SSSR count). The average Bonchev–Trinajstić information content (AvgIpc) is 3.15. The Balaban J connectivity index is 1.07. The van der Waals surface area contributed by atoms with Gasteiger partial charge < -0.3 is 15.0 Å². The van der Waals surface area contributed by atoms with E-state index in [1.165, 1.54) is 35.2 Å². The third-order valence-electron chi connectivity index (χ3n) is 10.2. The van der Waals surface area contributed by atoms with Crippen molar-refractivity contribution in [2.45, 2.75) is 61.9 Å². The second-order valence-corrected chi connectivity index (χ2v) is 15.1. The molecule has 4 aromatic rings. The first kappa shape index (κ1) is 35.1. The molecule has 2 N–H and O–H groups in total. The van der Waals surface area contributed by atoms with Crippen molar-refractivity contribution in [2.24, 2.45) is 5.92 Å². The van der Waals surface area contributed by atoms with Gasteiger partial charge in [-0.25, -0.2) is 13.1 Å². The highest BCUT2D eigenvalue weighted by Crippen LogP contribution is 2.35. The Morgan fingerprint density at radius 1 is 0.920 bits per heavy atom. The fraction of sp³-hybridized carbons (Fsp3) is 0.359. The number of nitrogens with zero attached hydrogens (tertiary/aromatic N) is 2. The van der Waals surface area contributed by atoms with Crippen LogP contribution in [0.25, 0.3) is 11.1 Å². The Morgan fingerprint density at radius 2 is 1.60 bits per heavy atom. The molecule has 0 radical (unpaired) electrons. The third kappa shape index (κ3) is 8.17. The summed E-state index contributed by atoms with van der Waals surface area (Å²) in [7, 11) is -2.58. The standard InChI is InChI=1S/C39H44N4O6S/c1-49-39(27-32-14-8-9-15-35(32)30-12-6-3-7-13-30)22-24-42(25-23-39)33-18-16-31(17-19-33)38(44)41-50(47,48)34-20-21-36(37(26-34)43(45)46)40-28-29-10-4-2-5-11-29/h3,6-9,12-21,26,29,40H,2,4-5,10-11,22-25,27-28H2,1H3,(H,41,44). The van der Waals surface area contributed by atoms with Crippen LogP contribution >= 0.6 is 0 Å². The number of nitro groups is 1. The highest BCUT2D eigenvalue weighted by Gasteiger charge is 2.35. The van der Waals surface area contributed by atoms with Gasteiger partial charge in [0, 0.05) is 50.5 Å². The van der Waals surface area contributed by atoms with Crippen LogP contribution in [-0.4, -0.2) is 51.6 Å². The molecule has 4 aromatic carbocycles. The number of methoxy groups -OCH3 is 1. The molecular formula is C39H44N4O6S. The highest BCUT2D eigenvalue weighted by molar-refractivity contribution is 7.90. The Kier molecular flexibility index (Phi) is 10.8. The monoisotopic (exact) mass is 696 g/mol. The van der Waals surface area contributed by atoms with Crippen molar-refractivity contribution in [2.75, 3.05) is 37.0 Å². The lowest BCUT2D eigenvalue weighted by molar-refractivity contribution is -0.384. The first-order valence-electron chi connectivity index (χ1n) is 17.3. The van der Waals surface area contributed by atoms with Crippen molar-refractivity contribution in [1.82, 2.24) is 4.72 Å². The minimum atomic E-state index is -4.37. The fourth-order valence-electron chi connectivity index (χ4n) is 7.23. The molecule has 0 atom stereocenters. The van der Waals surface area contributed by atoms with Crippen molar-refractivity contribution >= 4 is 33.0 Å². The minimum Gasteiger partial charge on any atom is -0.379 e. The van der Waals surface area contributed by atoms with Crippen LogP contribution in [0.2, 0.25) is 0 Å². The van der Waals surface area contributed by atoms with Crippen molar-refractivity contribution in [3.05, 3.63) is 118 Å². The zero-order chi connectivity index (χ0) is 35.1. The molecule has 1 saturated heterocycles. The Labute approximate surface area is 294 Å². The third-order valence-corrected chi connectivity index (χ3v) is 11.6. The van der Waals surface area contributed by atoms with Crippen LogP contribution in [-0.2, 0) is 21.2 Å². The highest BCUT2D eigenvalue weighted by atomic mass is 32.2. The van der Waals surface area contributed by atoms with E-state index >= 15 is 0 Å². The van der Waals surface area contributed by atoms with Gasteiger partial charge >= 0.3 is 0 Å². The molecule has 2 aliphatic rings. The molecule has 10 nitrogen and oxygen atoms in total. The predicted molar refractivity (Wildman–Crippen MR) is 196 cm³/mol. The predicted octanol–water partition coefficient (Wildman–Crippen LogP) is 7.60. The number of hydrogen-bond acceptors (Lipinski definition) is 8. The van der Waals surface area contributed by atoms with E-state index in [0.29, 0.717) is 12.5 Å². The fourth-order valence-corrected chi connectivity index (χ4v) is 8.23. The number of anilines is 2. The van der Waals surface area contributed by atoms with Crippen molar-refractivity contribution in [3.8, 4) is 11.1 Å². The molecule has 11 heteroatoms. The molecule has 0 spiro atoms. The maximum absolute atomic E-state index is 13.1. The van der Waals surface area contributed by atoms with Crippen LogP contribution < -0.4 is 14.9 Å². The number of nitro benzene ring substituents is 1. The molecule has 0 unspecified atom stereocenters. The molecule has 262 valence electrons. The van der Waals surface area contributed by atoms with Gasteiger partial charge in [-0.3, -0.25) is 14.9 Å². The summed E-state index contributed by atoms with van der Waals surface area (Å²) in [4.78, 5) is 26.2. The van der Waals surface area contributed by atoms with E-state index in [9.17, 15) is 23.3 Å². The first-order valence-corrected chi connectivity index (χ1v) is 18.8. The van der Waals surface area contributed by atoms with Crippen molar-refractivity contribution in [1.29, 1.82) is 0 Å². The van der Waals surface area contributed by atoms with Gasteiger partial charge in [0.25, 0.3) is 21.6 Å². The molecule has 1 amide bonds. The van der Waals surface area contributed by atoms with Crippen LogP contribution in [0.4, 0.5) is 17.1 Å². The molecule has 50 heavy (non-hydrogen) atoms. The molecule has 1 saturated carbocycles. The number of rotatable bonds is 12. The minimum absolute atomic E-state index is 0.165. The largest absolute Gasteiger partial charge is 0.379 e. The SMILES string of the molecule is COC1(Cc2ccccc2-c2ccccc2)CCN(c2ccc(C(=O)NS(=O)(=O)c3ccc(NCC4CCCCC4)c([N+](=O)[O-])c3)cc2)CC1. The maximum Gasteiger partial charge on any atom is 0.293 e. The number of nitrogens with one attached hydrogen (secondary N) is 2. The zero-order valence-corrected chi connectivity index (χ0v) is 29.2. The molecule has 2 fully saturated rings. The number of carbonyl (C=O) groups excluding carboxylic acids is 1. The lowest BCUT2D eigenvalue weighted by atomic mass is 9.82. The van der Waals surface area contributed by atoms with E-state index in [1.54, 1.807) is 19.2 Å². The number of hydrogen-bond donors (Lipinski definition) is 2. The summed E-state index contributed by atoms with van der Waals surface area (Å²) in [6.45, 7) is 2.10. The van der Waals surface area contributed by atoms with Gasteiger partial charge in [0.1, 0.15) is 5.69 Å². The molecule has 1 aliphatic heterocycles. The van der Waals surface area contributed by atoms with Gasteiger partial charge in [-0.1, -0.05) is 73.9 Å². The lowest BCUT2D eigenvalue weighted by Crippen LogP contribution is -2.47. The Hall–Kier alpha value is -4.74.